The topological polar surface area (TPSA) is 61.9 Å². The van der Waals surface area contributed by atoms with Crippen LogP contribution in [0.2, 0.25) is 0 Å². The second kappa shape index (κ2) is 7.70. The summed E-state index contributed by atoms with van der Waals surface area (Å²) in [5.74, 6) is 2.41. The number of H-pyrrole nitrogens is 1. The first-order valence-electron chi connectivity index (χ1n) is 8.10. The summed E-state index contributed by atoms with van der Waals surface area (Å²) in [6, 6.07) is 7.85. The van der Waals surface area contributed by atoms with E-state index in [0.717, 1.165) is 23.1 Å². The van der Waals surface area contributed by atoms with Crippen molar-refractivity contribution in [2.75, 3.05) is 18.8 Å². The maximum absolute atomic E-state index is 12.4. The molecule has 1 saturated heterocycles. The third-order valence-electron chi connectivity index (χ3n) is 4.14. The van der Waals surface area contributed by atoms with Crippen LogP contribution in [0, 0.1) is 11.8 Å². The molecule has 5 nitrogen and oxygen atoms in total. The quantitative estimate of drug-likeness (QED) is 0.780. The highest BCUT2D eigenvalue weighted by atomic mass is 79.9. The highest BCUT2D eigenvalue weighted by Crippen LogP contribution is 2.27. The fourth-order valence-electron chi connectivity index (χ4n) is 3.17. The van der Waals surface area contributed by atoms with Crippen LogP contribution in [0.3, 0.4) is 0 Å². The number of aromatic amines is 1. The highest BCUT2D eigenvalue weighted by Gasteiger charge is 2.25. The maximum Gasteiger partial charge on any atom is 0.233 e. The fraction of sp³-hybridized carbons (Fsp3) is 0.471. The maximum atomic E-state index is 12.4. The number of carbonyl (C=O) groups excluding carboxylic acids is 1. The molecular formula is C17H21BrN4OS. The van der Waals surface area contributed by atoms with Gasteiger partial charge in [-0.25, -0.2) is 4.98 Å². The van der Waals surface area contributed by atoms with Gasteiger partial charge in [0, 0.05) is 23.1 Å². The Morgan fingerprint density at radius 1 is 1.33 bits per heavy atom. The Morgan fingerprint density at radius 3 is 2.75 bits per heavy atom. The largest absolute Gasteiger partial charge is 0.341 e. The summed E-state index contributed by atoms with van der Waals surface area (Å²) in [5, 5.41) is 7.76. The first-order chi connectivity index (χ1) is 11.5. The Morgan fingerprint density at radius 2 is 2.04 bits per heavy atom. The zero-order valence-corrected chi connectivity index (χ0v) is 16.2. The van der Waals surface area contributed by atoms with Gasteiger partial charge in [-0.15, -0.1) is 5.10 Å². The smallest absolute Gasteiger partial charge is 0.233 e. The molecule has 0 bridgehead atoms. The van der Waals surface area contributed by atoms with E-state index in [1.165, 1.54) is 18.2 Å². The lowest BCUT2D eigenvalue weighted by Crippen LogP contribution is -2.43. The zero-order valence-electron chi connectivity index (χ0n) is 13.8. The van der Waals surface area contributed by atoms with Crippen LogP contribution < -0.4 is 0 Å². The van der Waals surface area contributed by atoms with Gasteiger partial charge in [0.2, 0.25) is 11.1 Å². The average molecular weight is 409 g/mol. The summed E-state index contributed by atoms with van der Waals surface area (Å²) in [6.07, 6.45) is 1.20. The van der Waals surface area contributed by atoms with Crippen molar-refractivity contribution in [2.24, 2.45) is 11.8 Å². The molecular weight excluding hydrogens is 388 g/mol. The standard InChI is InChI=1S/C17H21BrN4OS/c1-11-7-12(2)9-22(8-11)15(23)10-24-17-19-16(20-21-17)13-5-3-4-6-14(13)18/h3-6,11-12H,7-10H2,1-2H3,(H,19,20,21). The third kappa shape index (κ3) is 4.19. The first-order valence-corrected chi connectivity index (χ1v) is 9.88. The number of benzene rings is 1. The molecule has 1 amide bonds. The predicted molar refractivity (Wildman–Crippen MR) is 99.8 cm³/mol. The van der Waals surface area contributed by atoms with Crippen LogP contribution in [0.15, 0.2) is 33.9 Å². The Labute approximate surface area is 154 Å². The summed E-state index contributed by atoms with van der Waals surface area (Å²) >= 11 is 4.90. The third-order valence-corrected chi connectivity index (χ3v) is 5.66. The predicted octanol–water partition coefficient (Wildman–Crippen LogP) is 3.83. The molecule has 0 saturated carbocycles. The Kier molecular flexibility index (Phi) is 5.61. The highest BCUT2D eigenvalue weighted by molar-refractivity contribution is 9.10. The van der Waals surface area contributed by atoms with Gasteiger partial charge in [0.1, 0.15) is 0 Å². The van der Waals surface area contributed by atoms with Gasteiger partial charge in [-0.1, -0.05) is 59.7 Å². The number of halogens is 1. The van der Waals surface area contributed by atoms with Crippen LogP contribution in [0.5, 0.6) is 0 Å². The van der Waals surface area contributed by atoms with E-state index < -0.39 is 0 Å². The molecule has 24 heavy (non-hydrogen) atoms. The van der Waals surface area contributed by atoms with Crippen molar-refractivity contribution in [1.29, 1.82) is 0 Å². The minimum atomic E-state index is 0.172. The lowest BCUT2D eigenvalue weighted by molar-refractivity contribution is -0.130. The second-order valence-corrected chi connectivity index (χ2v) is 8.28. The van der Waals surface area contributed by atoms with Crippen molar-refractivity contribution in [1.82, 2.24) is 20.1 Å². The molecule has 2 aromatic rings. The normalized spacial score (nSPS) is 21.0. The van der Waals surface area contributed by atoms with E-state index in [2.05, 4.69) is 45.0 Å². The van der Waals surface area contributed by atoms with Gasteiger partial charge >= 0.3 is 0 Å². The summed E-state index contributed by atoms with van der Waals surface area (Å²) in [4.78, 5) is 18.9. The Hall–Kier alpha value is -1.34. The van der Waals surface area contributed by atoms with Crippen LogP contribution in [0.1, 0.15) is 20.3 Å². The van der Waals surface area contributed by atoms with Crippen LogP contribution in [0.4, 0.5) is 0 Å². The number of nitrogens with one attached hydrogen (secondary N) is 1. The first kappa shape index (κ1) is 17.5. The van der Waals surface area contributed by atoms with Crippen molar-refractivity contribution in [2.45, 2.75) is 25.4 Å². The molecule has 1 fully saturated rings. The Balaban J connectivity index is 1.59. The van der Waals surface area contributed by atoms with Gasteiger partial charge in [-0.2, -0.15) is 0 Å². The summed E-state index contributed by atoms with van der Waals surface area (Å²) in [5.41, 5.74) is 0.960. The molecule has 1 aromatic heterocycles. The van der Waals surface area contributed by atoms with Crippen LogP contribution >= 0.6 is 27.7 Å². The lowest BCUT2D eigenvalue weighted by atomic mass is 9.92. The molecule has 7 heteroatoms. The van der Waals surface area contributed by atoms with Gasteiger partial charge in [0.05, 0.1) is 5.75 Å². The number of thioether (sulfide) groups is 1. The van der Waals surface area contributed by atoms with Gasteiger partial charge in [0.25, 0.3) is 0 Å². The van der Waals surface area contributed by atoms with Gasteiger partial charge in [-0.3, -0.25) is 9.89 Å². The fourth-order valence-corrected chi connectivity index (χ4v) is 4.34. The SMILES string of the molecule is CC1CC(C)CN(C(=O)CSc2n[nH]c(-c3ccccc3Br)n2)C1. The number of piperidine rings is 1. The number of hydrogen-bond donors (Lipinski definition) is 1. The van der Waals surface area contributed by atoms with E-state index in [1.807, 2.05) is 29.2 Å². The lowest BCUT2D eigenvalue weighted by Gasteiger charge is -2.34. The minimum absolute atomic E-state index is 0.172. The van der Waals surface area contributed by atoms with E-state index in [4.69, 9.17) is 0 Å². The summed E-state index contributed by atoms with van der Waals surface area (Å²) in [7, 11) is 0. The monoisotopic (exact) mass is 408 g/mol. The van der Waals surface area contributed by atoms with E-state index >= 15 is 0 Å². The van der Waals surface area contributed by atoms with Crippen molar-refractivity contribution in [3.05, 3.63) is 28.7 Å². The van der Waals surface area contributed by atoms with E-state index in [9.17, 15) is 4.79 Å². The van der Waals surface area contributed by atoms with Crippen molar-refractivity contribution >= 4 is 33.6 Å². The minimum Gasteiger partial charge on any atom is -0.341 e. The Bertz CT molecular complexity index is 710. The zero-order chi connectivity index (χ0) is 17.1. The second-order valence-electron chi connectivity index (χ2n) is 6.48. The number of aromatic nitrogens is 3. The number of hydrogen-bond acceptors (Lipinski definition) is 4. The van der Waals surface area contributed by atoms with Crippen LogP contribution in [-0.2, 0) is 4.79 Å². The molecule has 0 spiro atoms. The van der Waals surface area contributed by atoms with Crippen molar-refractivity contribution in [3.8, 4) is 11.4 Å². The molecule has 1 aliphatic rings. The van der Waals surface area contributed by atoms with Crippen molar-refractivity contribution in [3.63, 3.8) is 0 Å². The summed E-state index contributed by atoms with van der Waals surface area (Å²) in [6.45, 7) is 6.14. The van der Waals surface area contributed by atoms with E-state index in [1.54, 1.807) is 0 Å². The summed E-state index contributed by atoms with van der Waals surface area (Å²) < 4.78 is 0.963. The number of rotatable bonds is 4. The molecule has 1 aromatic carbocycles. The molecule has 0 radical (unpaired) electrons. The molecule has 128 valence electrons. The average Bonchev–Trinajstić information content (AvgIpc) is 3.01. The van der Waals surface area contributed by atoms with Gasteiger partial charge < -0.3 is 4.90 Å². The van der Waals surface area contributed by atoms with Gasteiger partial charge in [0.15, 0.2) is 5.82 Å². The molecule has 0 aliphatic carbocycles. The molecule has 2 heterocycles. The number of nitrogens with zero attached hydrogens (tertiary/aromatic N) is 3. The van der Waals surface area contributed by atoms with E-state index in [-0.39, 0.29) is 5.91 Å². The number of amides is 1. The van der Waals surface area contributed by atoms with Gasteiger partial charge in [-0.05, 0) is 24.3 Å². The molecule has 2 unspecified atom stereocenters. The number of carbonyl (C=O) groups is 1. The van der Waals surface area contributed by atoms with Crippen molar-refractivity contribution < 1.29 is 4.79 Å². The van der Waals surface area contributed by atoms with E-state index in [0.29, 0.717) is 28.6 Å². The van der Waals surface area contributed by atoms with Crippen LogP contribution in [-0.4, -0.2) is 44.8 Å². The molecule has 3 rings (SSSR count). The molecule has 1 aliphatic heterocycles. The number of likely N-dealkylation sites (tertiary alicyclic amines) is 1. The van der Waals surface area contributed by atoms with Crippen LogP contribution in [0.25, 0.3) is 11.4 Å². The molecule has 1 N–H and O–H groups in total. The molecule has 2 atom stereocenters.